The summed E-state index contributed by atoms with van der Waals surface area (Å²) in [5, 5.41) is 17.2. The van der Waals surface area contributed by atoms with Crippen molar-refractivity contribution in [1.29, 1.82) is 0 Å². The van der Waals surface area contributed by atoms with Gasteiger partial charge in [0.05, 0.1) is 16.8 Å². The van der Waals surface area contributed by atoms with Crippen LogP contribution in [0.5, 0.6) is 5.75 Å². The third-order valence-electron chi connectivity index (χ3n) is 3.83. The number of nitrogens with zero attached hydrogens (tertiary/aromatic N) is 2. The van der Waals surface area contributed by atoms with E-state index in [9.17, 15) is 9.90 Å². The highest BCUT2D eigenvalue weighted by molar-refractivity contribution is 6.32. The van der Waals surface area contributed by atoms with Crippen molar-refractivity contribution in [2.45, 2.75) is 38.6 Å². The molecular weight excluding hydrogens is 302 g/mol. The number of benzene rings is 1. The van der Waals surface area contributed by atoms with Gasteiger partial charge in [-0.3, -0.25) is 4.79 Å². The zero-order chi connectivity index (χ0) is 16.1. The van der Waals surface area contributed by atoms with E-state index in [0.717, 1.165) is 16.9 Å². The van der Waals surface area contributed by atoms with Crippen molar-refractivity contribution in [3.05, 3.63) is 40.5 Å². The van der Waals surface area contributed by atoms with Gasteiger partial charge in [0.1, 0.15) is 11.6 Å². The van der Waals surface area contributed by atoms with Crippen LogP contribution in [0.25, 0.3) is 0 Å². The number of halogens is 1. The number of rotatable bonds is 1. The summed E-state index contributed by atoms with van der Waals surface area (Å²) in [5.41, 5.74) is 1.64. The minimum Gasteiger partial charge on any atom is -0.506 e. The first-order chi connectivity index (χ1) is 10.3. The molecule has 0 radical (unpaired) electrons. The smallest absolute Gasteiger partial charge is 0.226 e. The highest BCUT2D eigenvalue weighted by Gasteiger charge is 2.32. The quantitative estimate of drug-likeness (QED) is 0.845. The van der Waals surface area contributed by atoms with Crippen LogP contribution in [0.1, 0.15) is 44.2 Å². The van der Waals surface area contributed by atoms with Crippen LogP contribution in [0.15, 0.2) is 24.4 Å². The summed E-state index contributed by atoms with van der Waals surface area (Å²) in [6.07, 6.45) is 2.13. The first kappa shape index (κ1) is 14.9. The van der Waals surface area contributed by atoms with Crippen molar-refractivity contribution in [2.24, 2.45) is 0 Å². The fourth-order valence-electron chi connectivity index (χ4n) is 2.77. The Morgan fingerprint density at radius 1 is 1.41 bits per heavy atom. The molecule has 1 aromatic heterocycles. The summed E-state index contributed by atoms with van der Waals surface area (Å²) >= 11 is 6.00. The molecule has 2 aromatic rings. The molecule has 0 fully saturated rings. The largest absolute Gasteiger partial charge is 0.506 e. The van der Waals surface area contributed by atoms with Crippen LogP contribution in [0.2, 0.25) is 5.02 Å². The number of hydrogen-bond acceptors (Lipinski definition) is 3. The number of aromatic hydroxyl groups is 1. The van der Waals surface area contributed by atoms with E-state index in [1.54, 1.807) is 24.4 Å². The summed E-state index contributed by atoms with van der Waals surface area (Å²) in [6, 6.07) is 5.05. The molecule has 2 heterocycles. The molecule has 1 aromatic carbocycles. The molecule has 1 aliphatic rings. The number of amides is 1. The first-order valence-electron chi connectivity index (χ1n) is 7.14. The molecule has 0 saturated heterocycles. The zero-order valence-electron chi connectivity index (χ0n) is 12.7. The molecule has 1 amide bonds. The summed E-state index contributed by atoms with van der Waals surface area (Å²) in [4.78, 5) is 12.1. The van der Waals surface area contributed by atoms with Crippen LogP contribution in [-0.4, -0.2) is 20.8 Å². The summed E-state index contributed by atoms with van der Waals surface area (Å²) in [5.74, 6) is 0.611. The van der Waals surface area contributed by atoms with Crippen LogP contribution in [0.3, 0.4) is 0 Å². The molecule has 1 atom stereocenters. The number of nitrogens with one attached hydrogen (secondary N) is 1. The highest BCUT2D eigenvalue weighted by atomic mass is 35.5. The lowest BCUT2D eigenvalue weighted by atomic mass is 9.87. The molecule has 0 bridgehead atoms. The predicted molar refractivity (Wildman–Crippen MR) is 85.4 cm³/mol. The van der Waals surface area contributed by atoms with Crippen molar-refractivity contribution in [2.75, 3.05) is 5.32 Å². The second-order valence-corrected chi connectivity index (χ2v) is 6.95. The van der Waals surface area contributed by atoms with Crippen LogP contribution in [0, 0.1) is 0 Å². The summed E-state index contributed by atoms with van der Waals surface area (Å²) in [6.45, 7) is 6.11. The number of fused-ring (bicyclic) bond motifs is 1. The van der Waals surface area contributed by atoms with Gasteiger partial charge in [0, 0.05) is 17.9 Å². The molecule has 3 rings (SSSR count). The van der Waals surface area contributed by atoms with E-state index in [-0.39, 0.29) is 28.1 Å². The fraction of sp³-hybridized carbons (Fsp3) is 0.375. The van der Waals surface area contributed by atoms with E-state index in [2.05, 4.69) is 10.4 Å². The summed E-state index contributed by atoms with van der Waals surface area (Å²) in [7, 11) is 0. The number of phenolic OH excluding ortho intramolecular Hbond substituents is 1. The topological polar surface area (TPSA) is 67.2 Å². The van der Waals surface area contributed by atoms with Crippen LogP contribution >= 0.6 is 11.6 Å². The van der Waals surface area contributed by atoms with Gasteiger partial charge in [-0.2, -0.15) is 5.10 Å². The van der Waals surface area contributed by atoms with E-state index >= 15 is 0 Å². The van der Waals surface area contributed by atoms with Crippen molar-refractivity contribution in [3.63, 3.8) is 0 Å². The van der Waals surface area contributed by atoms with Gasteiger partial charge in [0.25, 0.3) is 0 Å². The SMILES string of the molecule is CC(C)(C)n1ncc2c1NC(=O)CC2c1ccc(O)c(Cl)c1. The maximum atomic E-state index is 12.1. The molecule has 0 aliphatic carbocycles. The maximum Gasteiger partial charge on any atom is 0.226 e. The number of carbonyl (C=O) groups excluding carboxylic acids is 1. The average molecular weight is 320 g/mol. The Balaban J connectivity index is 2.11. The molecule has 0 spiro atoms. The number of hydrogen-bond donors (Lipinski definition) is 2. The van der Waals surface area contributed by atoms with Gasteiger partial charge in [-0.15, -0.1) is 0 Å². The van der Waals surface area contributed by atoms with Crippen LogP contribution < -0.4 is 5.32 Å². The Hall–Kier alpha value is -2.01. The number of anilines is 1. The van der Waals surface area contributed by atoms with E-state index < -0.39 is 0 Å². The highest BCUT2D eigenvalue weighted by Crippen LogP contribution is 2.40. The van der Waals surface area contributed by atoms with E-state index in [0.29, 0.717) is 6.42 Å². The third kappa shape index (κ3) is 2.46. The fourth-order valence-corrected chi connectivity index (χ4v) is 2.95. The van der Waals surface area contributed by atoms with E-state index in [1.165, 1.54) is 0 Å². The number of carbonyl (C=O) groups is 1. The molecule has 0 saturated carbocycles. The Morgan fingerprint density at radius 3 is 2.77 bits per heavy atom. The Bertz CT molecular complexity index is 746. The molecule has 1 unspecified atom stereocenters. The lowest BCUT2D eigenvalue weighted by Gasteiger charge is -2.28. The first-order valence-corrected chi connectivity index (χ1v) is 7.52. The Morgan fingerprint density at radius 2 is 2.14 bits per heavy atom. The van der Waals surface area contributed by atoms with Crippen LogP contribution in [-0.2, 0) is 10.3 Å². The monoisotopic (exact) mass is 319 g/mol. The van der Waals surface area contributed by atoms with Crippen molar-refractivity contribution >= 4 is 23.3 Å². The molecule has 22 heavy (non-hydrogen) atoms. The summed E-state index contributed by atoms with van der Waals surface area (Å²) < 4.78 is 1.83. The van der Waals surface area contributed by atoms with Gasteiger partial charge >= 0.3 is 0 Å². The van der Waals surface area contributed by atoms with Gasteiger partial charge in [-0.1, -0.05) is 17.7 Å². The van der Waals surface area contributed by atoms with Gasteiger partial charge < -0.3 is 10.4 Å². The zero-order valence-corrected chi connectivity index (χ0v) is 13.5. The van der Waals surface area contributed by atoms with Gasteiger partial charge in [-0.05, 0) is 38.5 Å². The molecule has 116 valence electrons. The predicted octanol–water partition coefficient (Wildman–Crippen LogP) is 3.47. The Kier molecular flexibility index (Phi) is 3.40. The van der Waals surface area contributed by atoms with Crippen LogP contribution in [0.4, 0.5) is 5.82 Å². The second kappa shape index (κ2) is 5.02. The molecular formula is C16H18ClN3O2. The van der Waals surface area contributed by atoms with Crippen molar-refractivity contribution in [3.8, 4) is 5.75 Å². The third-order valence-corrected chi connectivity index (χ3v) is 4.13. The molecule has 5 nitrogen and oxygen atoms in total. The average Bonchev–Trinajstić information content (AvgIpc) is 2.84. The Labute approximate surface area is 133 Å². The normalized spacial score (nSPS) is 18.0. The van der Waals surface area contributed by atoms with Gasteiger partial charge in [0.2, 0.25) is 5.91 Å². The van der Waals surface area contributed by atoms with E-state index in [4.69, 9.17) is 11.6 Å². The minimum absolute atomic E-state index is 0.0382. The van der Waals surface area contributed by atoms with Crippen molar-refractivity contribution in [1.82, 2.24) is 9.78 Å². The van der Waals surface area contributed by atoms with E-state index in [1.807, 2.05) is 25.5 Å². The second-order valence-electron chi connectivity index (χ2n) is 6.55. The maximum absolute atomic E-state index is 12.1. The van der Waals surface area contributed by atoms with Gasteiger partial charge in [-0.25, -0.2) is 4.68 Å². The number of aromatic nitrogens is 2. The molecule has 2 N–H and O–H groups in total. The standard InChI is InChI=1S/C16H18ClN3O2/c1-16(2,3)20-15-11(8-18-20)10(7-14(22)19-15)9-4-5-13(21)12(17)6-9/h4-6,8,10,21H,7H2,1-3H3,(H,19,22). The molecule has 1 aliphatic heterocycles. The lowest BCUT2D eigenvalue weighted by molar-refractivity contribution is -0.116. The van der Waals surface area contributed by atoms with Gasteiger partial charge in [0.15, 0.2) is 0 Å². The number of phenols is 1. The minimum atomic E-state index is -0.227. The molecule has 6 heteroatoms. The lowest BCUT2D eigenvalue weighted by Crippen LogP contribution is -2.30. The van der Waals surface area contributed by atoms with Crippen molar-refractivity contribution < 1.29 is 9.90 Å².